The number of Topliss-reactive ketones (excluding diaryl/α,β-unsaturated/α-hetero) is 1. The molecule has 2 aromatic rings. The summed E-state index contributed by atoms with van der Waals surface area (Å²) in [5, 5.41) is 27.0. The molecule has 2 fully saturated rings. The lowest BCUT2D eigenvalue weighted by Crippen LogP contribution is -2.40. The molecule has 180 valence electrons. The number of aryl methyl sites for hydroxylation is 2. The van der Waals surface area contributed by atoms with Crippen LogP contribution in [-0.4, -0.2) is 67.5 Å². The number of piperidine rings is 1. The van der Waals surface area contributed by atoms with Gasteiger partial charge in [-0.25, -0.2) is 0 Å². The molecule has 0 spiro atoms. The van der Waals surface area contributed by atoms with E-state index in [4.69, 9.17) is 0 Å². The zero-order valence-corrected chi connectivity index (χ0v) is 19.7. The molecule has 1 N–H and O–H groups in total. The predicted molar refractivity (Wildman–Crippen MR) is 125 cm³/mol. The molecule has 1 aromatic heterocycles. The fourth-order valence-electron chi connectivity index (χ4n) is 4.95. The van der Waals surface area contributed by atoms with Crippen LogP contribution in [0.15, 0.2) is 29.8 Å². The van der Waals surface area contributed by atoms with Crippen molar-refractivity contribution in [2.75, 3.05) is 26.2 Å². The number of rotatable bonds is 6. The number of aliphatic hydroxyl groups excluding tert-OH is 1. The number of likely N-dealkylation sites (tertiary alicyclic amines) is 2. The number of carbonyl (C=O) groups is 2. The van der Waals surface area contributed by atoms with Gasteiger partial charge in [0.1, 0.15) is 5.76 Å². The lowest BCUT2D eigenvalue weighted by molar-refractivity contribution is -0.384. The van der Waals surface area contributed by atoms with Gasteiger partial charge in [0.05, 0.1) is 27.8 Å². The molecule has 1 unspecified atom stereocenters. The Kier molecular flexibility index (Phi) is 6.52. The van der Waals surface area contributed by atoms with Crippen molar-refractivity contribution in [2.24, 2.45) is 7.05 Å². The molecule has 0 radical (unpaired) electrons. The summed E-state index contributed by atoms with van der Waals surface area (Å²) in [6, 6.07) is 4.97. The fourth-order valence-corrected chi connectivity index (χ4v) is 4.95. The average Bonchev–Trinajstić information content (AvgIpc) is 3.23. The summed E-state index contributed by atoms with van der Waals surface area (Å²) in [5.74, 6) is -1.82. The molecule has 0 aliphatic carbocycles. The van der Waals surface area contributed by atoms with Crippen molar-refractivity contribution in [1.29, 1.82) is 0 Å². The number of amides is 1. The molecule has 2 saturated heterocycles. The van der Waals surface area contributed by atoms with Crippen LogP contribution in [0.1, 0.15) is 47.8 Å². The van der Waals surface area contributed by atoms with E-state index in [0.29, 0.717) is 29.1 Å². The Bertz CT molecular complexity index is 1180. The molecule has 3 heterocycles. The zero-order valence-electron chi connectivity index (χ0n) is 19.7. The molecule has 1 amide bonds. The second-order valence-electron chi connectivity index (χ2n) is 8.92. The number of nitrogens with zero attached hydrogens (tertiary/aromatic N) is 5. The van der Waals surface area contributed by atoms with E-state index in [9.17, 15) is 24.8 Å². The van der Waals surface area contributed by atoms with E-state index in [1.165, 1.54) is 29.5 Å². The van der Waals surface area contributed by atoms with Crippen LogP contribution in [0, 0.1) is 24.0 Å². The molecule has 4 rings (SSSR count). The van der Waals surface area contributed by atoms with Crippen molar-refractivity contribution >= 4 is 23.1 Å². The van der Waals surface area contributed by atoms with Crippen molar-refractivity contribution in [3.63, 3.8) is 0 Å². The molecule has 2 aliphatic rings. The summed E-state index contributed by atoms with van der Waals surface area (Å²) < 4.78 is 1.60. The molecule has 0 saturated carbocycles. The van der Waals surface area contributed by atoms with Crippen LogP contribution < -0.4 is 0 Å². The number of benzene rings is 1. The minimum atomic E-state index is -0.927. The second-order valence-corrected chi connectivity index (χ2v) is 8.92. The molecule has 10 nitrogen and oxygen atoms in total. The second kappa shape index (κ2) is 9.38. The highest BCUT2D eigenvalue weighted by Gasteiger charge is 2.46. The van der Waals surface area contributed by atoms with Gasteiger partial charge in [0.2, 0.25) is 0 Å². The lowest BCUT2D eigenvalue weighted by atomic mass is 9.94. The van der Waals surface area contributed by atoms with E-state index >= 15 is 0 Å². The maximum atomic E-state index is 13.2. The monoisotopic (exact) mass is 467 g/mol. The number of hydrogen-bond donors (Lipinski definition) is 1. The maximum Gasteiger partial charge on any atom is 0.295 e. The van der Waals surface area contributed by atoms with Gasteiger partial charge < -0.3 is 14.9 Å². The van der Waals surface area contributed by atoms with E-state index in [1.54, 1.807) is 31.6 Å². The van der Waals surface area contributed by atoms with E-state index < -0.39 is 22.7 Å². The molecular weight excluding hydrogens is 438 g/mol. The van der Waals surface area contributed by atoms with Gasteiger partial charge >= 0.3 is 0 Å². The predicted octanol–water partition coefficient (Wildman–Crippen LogP) is 2.85. The van der Waals surface area contributed by atoms with Gasteiger partial charge in [-0.15, -0.1) is 0 Å². The largest absolute Gasteiger partial charge is 0.507 e. The van der Waals surface area contributed by atoms with E-state index in [1.807, 2.05) is 0 Å². The van der Waals surface area contributed by atoms with Crippen molar-refractivity contribution in [3.8, 4) is 0 Å². The highest BCUT2D eigenvalue weighted by molar-refractivity contribution is 6.46. The summed E-state index contributed by atoms with van der Waals surface area (Å²) in [6.45, 7) is 6.21. The van der Waals surface area contributed by atoms with E-state index in [0.717, 1.165) is 25.9 Å². The van der Waals surface area contributed by atoms with E-state index in [-0.39, 0.29) is 23.6 Å². The number of hydrogen-bond acceptors (Lipinski definition) is 7. The van der Waals surface area contributed by atoms with Crippen LogP contribution in [0.3, 0.4) is 0 Å². The third-order valence-corrected chi connectivity index (χ3v) is 6.79. The lowest BCUT2D eigenvalue weighted by Gasteiger charge is -2.31. The molecule has 34 heavy (non-hydrogen) atoms. The third kappa shape index (κ3) is 4.21. The van der Waals surface area contributed by atoms with Gasteiger partial charge in [-0.1, -0.05) is 18.6 Å². The molecule has 1 atom stereocenters. The van der Waals surface area contributed by atoms with Crippen LogP contribution in [0.5, 0.6) is 0 Å². The minimum absolute atomic E-state index is 0.0663. The van der Waals surface area contributed by atoms with Gasteiger partial charge in [-0.2, -0.15) is 5.10 Å². The number of aliphatic hydroxyl groups is 1. The van der Waals surface area contributed by atoms with Crippen LogP contribution >= 0.6 is 0 Å². The molecule has 1 aromatic carbocycles. The van der Waals surface area contributed by atoms with Gasteiger partial charge in [-0.05, 0) is 45.3 Å². The van der Waals surface area contributed by atoms with Gasteiger partial charge in [-0.3, -0.25) is 24.4 Å². The molecule has 2 aliphatic heterocycles. The minimum Gasteiger partial charge on any atom is -0.507 e. The number of ketones is 1. The van der Waals surface area contributed by atoms with Crippen LogP contribution in [0.2, 0.25) is 0 Å². The highest BCUT2D eigenvalue weighted by Crippen LogP contribution is 2.41. The Morgan fingerprint density at radius 2 is 1.88 bits per heavy atom. The molecule has 0 bridgehead atoms. The first-order valence-corrected chi connectivity index (χ1v) is 11.5. The SMILES string of the molecule is Cc1nn(C)c(C)c1/C(O)=C1\C(=O)C(=O)N(CCN2CCCCC2)C1c1cccc([N+](=O)[O-])c1. The zero-order chi connectivity index (χ0) is 24.6. The average molecular weight is 468 g/mol. The standard InChI is InChI=1S/C24H29N5O5/c1-15-19(16(2)26(3)25-15)22(30)20-21(17-8-7-9-18(14-17)29(33)34)28(24(32)23(20)31)13-12-27-10-5-4-6-11-27/h7-9,14,21,30H,4-6,10-13H2,1-3H3/b22-20+. The number of non-ortho nitro benzene ring substituents is 1. The number of nitro benzene ring substituents is 1. The fraction of sp³-hybridized carbons (Fsp3) is 0.458. The molecule has 10 heteroatoms. The topological polar surface area (TPSA) is 122 Å². The van der Waals surface area contributed by atoms with Crippen LogP contribution in [-0.2, 0) is 16.6 Å². The first-order chi connectivity index (χ1) is 16.2. The first kappa shape index (κ1) is 23.6. The summed E-state index contributed by atoms with van der Waals surface area (Å²) in [4.78, 5) is 41.0. The Balaban J connectivity index is 1.82. The maximum absolute atomic E-state index is 13.2. The van der Waals surface area contributed by atoms with Crippen molar-refractivity contribution in [2.45, 2.75) is 39.2 Å². The third-order valence-electron chi connectivity index (χ3n) is 6.79. The highest BCUT2D eigenvalue weighted by atomic mass is 16.6. The van der Waals surface area contributed by atoms with Gasteiger partial charge in [0, 0.05) is 38.0 Å². The number of aromatic nitrogens is 2. The first-order valence-electron chi connectivity index (χ1n) is 11.5. The Labute approximate surface area is 197 Å². The quantitative estimate of drug-likeness (QED) is 0.228. The van der Waals surface area contributed by atoms with Crippen molar-refractivity contribution in [3.05, 3.63) is 62.5 Å². The summed E-state index contributed by atoms with van der Waals surface area (Å²) >= 11 is 0. The van der Waals surface area contributed by atoms with Gasteiger partial charge in [0.15, 0.2) is 0 Å². The van der Waals surface area contributed by atoms with Crippen molar-refractivity contribution < 1.29 is 19.6 Å². The summed E-state index contributed by atoms with van der Waals surface area (Å²) in [5.41, 5.74) is 1.76. The Hall–Kier alpha value is -3.53. The van der Waals surface area contributed by atoms with Crippen LogP contribution in [0.25, 0.3) is 5.76 Å². The number of carbonyl (C=O) groups excluding carboxylic acids is 2. The normalized spacial score (nSPS) is 20.8. The molecular formula is C24H29N5O5. The van der Waals surface area contributed by atoms with Crippen molar-refractivity contribution in [1.82, 2.24) is 19.6 Å². The Morgan fingerprint density at radius 1 is 1.18 bits per heavy atom. The van der Waals surface area contributed by atoms with Gasteiger partial charge in [0.25, 0.3) is 17.4 Å². The summed E-state index contributed by atoms with van der Waals surface area (Å²) in [6.07, 6.45) is 3.36. The summed E-state index contributed by atoms with van der Waals surface area (Å²) in [7, 11) is 1.73. The van der Waals surface area contributed by atoms with Crippen LogP contribution in [0.4, 0.5) is 5.69 Å². The smallest absolute Gasteiger partial charge is 0.295 e. The Morgan fingerprint density at radius 3 is 2.50 bits per heavy atom. The number of nitro groups is 1. The van der Waals surface area contributed by atoms with E-state index in [2.05, 4.69) is 10.00 Å².